The molecule has 2 aromatic carbocycles. The second kappa shape index (κ2) is 18.7. The highest BCUT2D eigenvalue weighted by atomic mass is 19.4. The van der Waals surface area contributed by atoms with E-state index in [1.165, 1.54) is 18.2 Å². The van der Waals surface area contributed by atoms with Crippen molar-refractivity contribution >= 4 is 46.7 Å². The highest BCUT2D eigenvalue weighted by molar-refractivity contribution is 6.06. The summed E-state index contributed by atoms with van der Waals surface area (Å²) < 4.78 is 43.0. The highest BCUT2D eigenvalue weighted by Crippen LogP contribution is 2.42. The van der Waals surface area contributed by atoms with Crippen molar-refractivity contribution < 1.29 is 41.9 Å². The van der Waals surface area contributed by atoms with Gasteiger partial charge in [0.15, 0.2) is 11.5 Å². The third-order valence-corrected chi connectivity index (χ3v) is 11.3. The first-order valence-corrected chi connectivity index (χ1v) is 20.7. The molecule has 1 aromatic heterocycles. The van der Waals surface area contributed by atoms with E-state index < -0.39 is 46.5 Å². The number of unbranched alkanes of at least 4 members (excludes halogenated alkanes) is 6. The van der Waals surface area contributed by atoms with Crippen LogP contribution in [0.15, 0.2) is 36.4 Å². The van der Waals surface area contributed by atoms with E-state index in [1.807, 2.05) is 26.0 Å². The largest absolute Gasteiger partial charge is 0.435 e. The van der Waals surface area contributed by atoms with Crippen LogP contribution in [0.3, 0.4) is 0 Å². The number of nitrogens with one attached hydrogen (secondary N) is 4. The topological polar surface area (TPSA) is 198 Å². The molecule has 1 unspecified atom stereocenters. The molecule has 2 aliphatic heterocycles. The first kappa shape index (κ1) is 43.8. The Bertz CT molecular complexity index is 2150. The number of hydrogen-bond donors (Lipinski definition) is 5. The molecule has 0 spiro atoms. The summed E-state index contributed by atoms with van der Waals surface area (Å²) in [5.41, 5.74) is 6.60. The van der Waals surface area contributed by atoms with E-state index in [9.17, 15) is 41.9 Å². The summed E-state index contributed by atoms with van der Waals surface area (Å²) in [4.78, 5) is 76.1. The van der Waals surface area contributed by atoms with Gasteiger partial charge in [0.2, 0.25) is 17.7 Å². The second-order valence-corrected chi connectivity index (χ2v) is 16.6. The molecular weight excluding hydrogens is 782 g/mol. The van der Waals surface area contributed by atoms with Gasteiger partial charge >= 0.3 is 6.18 Å². The quantitative estimate of drug-likeness (QED) is 0.0705. The molecular formula is C43H53F3N8O6. The monoisotopic (exact) mass is 834 g/mol. The van der Waals surface area contributed by atoms with Gasteiger partial charge in [-0.15, -0.1) is 0 Å². The van der Waals surface area contributed by atoms with Crippen LogP contribution in [0.1, 0.15) is 139 Å². The Labute approximate surface area is 346 Å². The number of piperidine rings is 1. The number of carbonyl (C=O) groups is 6. The number of hydrogen-bond acceptors (Lipinski definition) is 9. The molecule has 3 aromatic rings. The molecule has 3 heterocycles. The Morgan fingerprint density at radius 3 is 2.32 bits per heavy atom. The van der Waals surface area contributed by atoms with Crippen molar-refractivity contribution in [2.45, 2.75) is 116 Å². The van der Waals surface area contributed by atoms with E-state index >= 15 is 0 Å². The molecule has 60 heavy (non-hydrogen) atoms. The first-order chi connectivity index (χ1) is 28.5. The minimum absolute atomic E-state index is 0.0252. The highest BCUT2D eigenvalue weighted by Gasteiger charge is 2.45. The molecule has 6 rings (SSSR count). The molecule has 0 radical (unpaired) electrons. The molecule has 1 atom stereocenters. The van der Waals surface area contributed by atoms with Gasteiger partial charge in [-0.25, -0.2) is 4.68 Å². The lowest BCUT2D eigenvalue weighted by atomic mass is 9.75. The fourth-order valence-corrected chi connectivity index (χ4v) is 8.28. The Balaban J connectivity index is 0.859. The molecule has 5 amide bonds. The van der Waals surface area contributed by atoms with E-state index in [0.717, 1.165) is 67.4 Å². The van der Waals surface area contributed by atoms with Crippen LogP contribution in [0.2, 0.25) is 0 Å². The Hall–Kier alpha value is -5.74. The zero-order chi connectivity index (χ0) is 43.2. The first-order valence-electron chi connectivity index (χ1n) is 20.7. The van der Waals surface area contributed by atoms with Crippen molar-refractivity contribution in [3.05, 3.63) is 70.0 Å². The summed E-state index contributed by atoms with van der Waals surface area (Å²) in [6.07, 6.45) is 3.64. The van der Waals surface area contributed by atoms with E-state index in [4.69, 9.17) is 5.73 Å². The molecule has 17 heteroatoms. The number of aromatic nitrogens is 2. The number of halogens is 3. The lowest BCUT2D eigenvalue weighted by Crippen LogP contribution is -2.52. The summed E-state index contributed by atoms with van der Waals surface area (Å²) in [5.74, 6) is -2.32. The summed E-state index contributed by atoms with van der Waals surface area (Å²) in [6.45, 7) is 5.43. The predicted octanol–water partition coefficient (Wildman–Crippen LogP) is 6.06. The zero-order valence-electron chi connectivity index (χ0n) is 34.1. The summed E-state index contributed by atoms with van der Waals surface area (Å²) in [7, 11) is 0. The number of amides is 5. The number of carbonyl (C=O) groups excluding carboxylic acids is 6. The number of Topliss-reactive ketones (excluding diaryl/α,β-unsaturated/α-hetero) is 1. The number of primary amides is 1. The Morgan fingerprint density at radius 2 is 1.60 bits per heavy atom. The van der Waals surface area contributed by atoms with Crippen LogP contribution in [0.25, 0.3) is 5.69 Å². The minimum Gasteiger partial charge on any atom is -0.385 e. The van der Waals surface area contributed by atoms with E-state index in [-0.39, 0.29) is 53.9 Å². The molecule has 0 saturated carbocycles. The SMILES string of the molecule is CC1(C)CC(=O)c2c(C(F)(F)F)nn(-c3ccc(C(N)=O)c(NCCCNC(=O)CCCCCCCCCNc4cccc5c4CN(C4CCC(=O)NC4=O)C5=O)c3)c2C1. The van der Waals surface area contributed by atoms with Crippen LogP contribution < -0.4 is 27.0 Å². The van der Waals surface area contributed by atoms with E-state index in [2.05, 4.69) is 26.4 Å². The minimum atomic E-state index is -4.82. The van der Waals surface area contributed by atoms with Crippen molar-refractivity contribution in [3.8, 4) is 5.69 Å². The average Bonchev–Trinajstić information content (AvgIpc) is 3.73. The van der Waals surface area contributed by atoms with Crippen LogP contribution in [-0.4, -0.2) is 75.7 Å². The zero-order valence-corrected chi connectivity index (χ0v) is 34.1. The van der Waals surface area contributed by atoms with Crippen LogP contribution >= 0.6 is 0 Å². The van der Waals surface area contributed by atoms with Crippen molar-refractivity contribution in [1.29, 1.82) is 0 Å². The van der Waals surface area contributed by atoms with Gasteiger partial charge < -0.3 is 26.6 Å². The number of alkyl halides is 3. The van der Waals surface area contributed by atoms with Gasteiger partial charge in [-0.05, 0) is 67.9 Å². The van der Waals surface area contributed by atoms with Crippen molar-refractivity contribution in [3.63, 3.8) is 0 Å². The maximum Gasteiger partial charge on any atom is 0.435 e. The average molecular weight is 835 g/mol. The molecule has 1 fully saturated rings. The molecule has 3 aliphatic rings. The normalized spacial score (nSPS) is 17.3. The fourth-order valence-electron chi connectivity index (χ4n) is 8.28. The standard InChI is InChI=1S/C43H53F3N8O6/c1-42(2)23-33-37(34(55)24-42)38(43(44,45)46)52-54(33)26-15-16-28(39(47)58)31(22-26)49-20-11-21-50-35(56)14-8-6-4-3-5-7-9-19-48-30-13-10-12-27-29(30)25-53(41(27)60)32-17-18-36(57)51-40(32)59/h10,12-13,15-16,22,32,48-49H,3-9,11,14,17-21,23-25H2,1-2H3,(H2,47,58)(H,50,56)(H,51,57,59). The van der Waals surface area contributed by atoms with Gasteiger partial charge in [-0.1, -0.05) is 52.0 Å². The van der Waals surface area contributed by atoms with Gasteiger partial charge in [0, 0.05) is 67.9 Å². The van der Waals surface area contributed by atoms with Crippen LogP contribution in [0.4, 0.5) is 24.5 Å². The molecule has 6 N–H and O–H groups in total. The number of ketones is 1. The number of anilines is 2. The van der Waals surface area contributed by atoms with Crippen LogP contribution in [0, 0.1) is 5.41 Å². The number of nitrogens with zero attached hydrogens (tertiary/aromatic N) is 3. The van der Waals surface area contributed by atoms with Gasteiger partial charge in [0.05, 0.1) is 22.5 Å². The molecule has 0 bridgehead atoms. The smallest absolute Gasteiger partial charge is 0.385 e. The maximum absolute atomic E-state index is 14.0. The van der Waals surface area contributed by atoms with E-state index in [1.54, 1.807) is 11.0 Å². The van der Waals surface area contributed by atoms with Crippen molar-refractivity contribution in [2.24, 2.45) is 11.1 Å². The van der Waals surface area contributed by atoms with Gasteiger partial charge in [-0.2, -0.15) is 18.3 Å². The fraction of sp³-hybridized carbons (Fsp3) is 0.512. The summed E-state index contributed by atoms with van der Waals surface area (Å²) >= 11 is 0. The lowest BCUT2D eigenvalue weighted by molar-refractivity contribution is -0.142. The molecule has 1 saturated heterocycles. The Morgan fingerprint density at radius 1 is 0.900 bits per heavy atom. The Kier molecular flexibility index (Phi) is 13.6. The number of nitrogens with two attached hydrogens (primary N) is 1. The molecule has 14 nitrogen and oxygen atoms in total. The number of imide groups is 1. The van der Waals surface area contributed by atoms with Crippen molar-refractivity contribution in [2.75, 3.05) is 30.3 Å². The van der Waals surface area contributed by atoms with Crippen LogP contribution in [-0.2, 0) is 33.5 Å². The summed E-state index contributed by atoms with van der Waals surface area (Å²) in [6, 6.07) is 9.27. The molecule has 1 aliphatic carbocycles. The second-order valence-electron chi connectivity index (χ2n) is 16.6. The summed E-state index contributed by atoms with van der Waals surface area (Å²) in [5, 5.41) is 15.6. The maximum atomic E-state index is 14.0. The van der Waals surface area contributed by atoms with Gasteiger partial charge in [0.1, 0.15) is 6.04 Å². The molecule has 322 valence electrons. The van der Waals surface area contributed by atoms with Crippen LogP contribution in [0.5, 0.6) is 0 Å². The third-order valence-electron chi connectivity index (χ3n) is 11.3. The van der Waals surface area contributed by atoms with Crippen molar-refractivity contribution in [1.82, 2.24) is 25.3 Å². The third kappa shape index (κ3) is 10.3. The number of rotatable bonds is 19. The lowest BCUT2D eigenvalue weighted by Gasteiger charge is -2.29. The van der Waals surface area contributed by atoms with Gasteiger partial charge in [0.25, 0.3) is 11.8 Å². The van der Waals surface area contributed by atoms with E-state index in [0.29, 0.717) is 50.1 Å². The number of fused-ring (bicyclic) bond motifs is 2. The predicted molar refractivity (Wildman–Crippen MR) is 218 cm³/mol. The van der Waals surface area contributed by atoms with Gasteiger partial charge in [-0.3, -0.25) is 34.1 Å². The number of benzene rings is 2.